The van der Waals surface area contributed by atoms with Crippen molar-refractivity contribution in [1.29, 1.82) is 0 Å². The lowest BCUT2D eigenvalue weighted by molar-refractivity contribution is -0.141. The highest BCUT2D eigenvalue weighted by atomic mass is 16.5. The molecule has 0 aromatic heterocycles. The summed E-state index contributed by atoms with van der Waals surface area (Å²) in [5, 5.41) is 5.10. The Morgan fingerprint density at radius 2 is 1.59 bits per heavy atom. The highest BCUT2D eigenvalue weighted by Gasteiger charge is 2.06. The van der Waals surface area contributed by atoms with Gasteiger partial charge in [0.1, 0.15) is 6.54 Å². The second kappa shape index (κ2) is 7.83. The molecule has 0 bridgehead atoms. The number of rotatable bonds is 5. The zero-order valence-electron chi connectivity index (χ0n) is 12.3. The molecule has 0 heterocycles. The van der Waals surface area contributed by atoms with Gasteiger partial charge in [-0.25, -0.2) is 4.79 Å². The van der Waals surface area contributed by atoms with Crippen LogP contribution in [0.15, 0.2) is 54.6 Å². The third kappa shape index (κ3) is 4.63. The average molecular weight is 298 g/mol. The lowest BCUT2D eigenvalue weighted by Gasteiger charge is -2.08. The summed E-state index contributed by atoms with van der Waals surface area (Å²) in [6, 6.07) is 17.0. The van der Waals surface area contributed by atoms with E-state index < -0.39 is 12.0 Å². The molecular formula is C17H18N2O3. The van der Waals surface area contributed by atoms with Gasteiger partial charge in [-0.15, -0.1) is 0 Å². The molecule has 2 aromatic carbocycles. The van der Waals surface area contributed by atoms with Gasteiger partial charge in [0.15, 0.2) is 0 Å². The van der Waals surface area contributed by atoms with Crippen LogP contribution in [0.5, 0.6) is 0 Å². The number of benzene rings is 2. The van der Waals surface area contributed by atoms with Crippen molar-refractivity contribution in [3.05, 3.63) is 54.6 Å². The molecule has 2 rings (SSSR count). The lowest BCUT2D eigenvalue weighted by Crippen LogP contribution is -2.34. The van der Waals surface area contributed by atoms with E-state index in [9.17, 15) is 9.59 Å². The summed E-state index contributed by atoms with van der Waals surface area (Å²) in [4.78, 5) is 22.8. The van der Waals surface area contributed by atoms with E-state index in [-0.39, 0.29) is 6.54 Å². The van der Waals surface area contributed by atoms with Crippen molar-refractivity contribution in [3.8, 4) is 11.1 Å². The summed E-state index contributed by atoms with van der Waals surface area (Å²) >= 11 is 0. The first-order valence-electron chi connectivity index (χ1n) is 7.05. The first-order chi connectivity index (χ1) is 10.7. The Labute approximate surface area is 129 Å². The molecule has 5 nitrogen and oxygen atoms in total. The highest BCUT2D eigenvalue weighted by Crippen LogP contribution is 2.20. The standard InChI is InChI=1S/C17H18N2O3/c1-2-22-16(20)12-18-17(21)19-15-10-8-14(9-11-15)13-6-4-3-5-7-13/h3-11H,2,12H2,1H3,(H2,18,19,21). The number of carbonyl (C=O) groups is 2. The van der Waals surface area contributed by atoms with E-state index in [1.807, 2.05) is 54.6 Å². The number of ether oxygens (including phenoxy) is 1. The minimum absolute atomic E-state index is 0.151. The van der Waals surface area contributed by atoms with Gasteiger partial charge >= 0.3 is 12.0 Å². The molecule has 0 atom stereocenters. The van der Waals surface area contributed by atoms with Crippen LogP contribution < -0.4 is 10.6 Å². The van der Waals surface area contributed by atoms with Crippen molar-refractivity contribution in [2.24, 2.45) is 0 Å². The number of anilines is 1. The van der Waals surface area contributed by atoms with Crippen molar-refractivity contribution >= 4 is 17.7 Å². The molecule has 0 aliphatic carbocycles. The Morgan fingerprint density at radius 1 is 0.955 bits per heavy atom. The molecule has 5 heteroatoms. The fourth-order valence-corrected chi connectivity index (χ4v) is 1.92. The minimum atomic E-state index is -0.461. The summed E-state index contributed by atoms with van der Waals surface area (Å²) in [7, 11) is 0. The van der Waals surface area contributed by atoms with Crippen LogP contribution >= 0.6 is 0 Å². The summed E-state index contributed by atoms with van der Waals surface area (Å²) < 4.78 is 4.73. The molecular weight excluding hydrogens is 280 g/mol. The van der Waals surface area contributed by atoms with E-state index in [4.69, 9.17) is 4.74 Å². The van der Waals surface area contributed by atoms with E-state index in [2.05, 4.69) is 10.6 Å². The molecule has 0 fully saturated rings. The van der Waals surface area contributed by atoms with Gasteiger partial charge < -0.3 is 15.4 Å². The normalized spacial score (nSPS) is 9.86. The van der Waals surface area contributed by atoms with Crippen LogP contribution in [0.4, 0.5) is 10.5 Å². The van der Waals surface area contributed by atoms with Crippen LogP contribution in [0.1, 0.15) is 6.92 Å². The number of esters is 1. The zero-order valence-corrected chi connectivity index (χ0v) is 12.3. The van der Waals surface area contributed by atoms with Crippen LogP contribution in [0.3, 0.4) is 0 Å². The number of hydrogen-bond acceptors (Lipinski definition) is 3. The summed E-state index contributed by atoms with van der Waals surface area (Å²) in [5.41, 5.74) is 2.83. The predicted molar refractivity (Wildman–Crippen MR) is 85.5 cm³/mol. The number of nitrogens with one attached hydrogen (secondary N) is 2. The fourth-order valence-electron chi connectivity index (χ4n) is 1.92. The molecule has 0 saturated carbocycles. The molecule has 2 amide bonds. The van der Waals surface area contributed by atoms with Crippen LogP contribution in [0.25, 0.3) is 11.1 Å². The molecule has 114 valence electrons. The van der Waals surface area contributed by atoms with E-state index in [0.29, 0.717) is 12.3 Å². The fraction of sp³-hybridized carbons (Fsp3) is 0.176. The van der Waals surface area contributed by atoms with E-state index in [0.717, 1.165) is 11.1 Å². The van der Waals surface area contributed by atoms with Gasteiger partial charge in [-0.1, -0.05) is 42.5 Å². The lowest BCUT2D eigenvalue weighted by atomic mass is 10.1. The number of urea groups is 1. The Kier molecular flexibility index (Phi) is 5.54. The van der Waals surface area contributed by atoms with Crippen molar-refractivity contribution in [2.45, 2.75) is 6.92 Å². The van der Waals surface area contributed by atoms with Crippen molar-refractivity contribution in [2.75, 3.05) is 18.5 Å². The Bertz CT molecular complexity index is 624. The Balaban J connectivity index is 1.89. The molecule has 0 radical (unpaired) electrons. The number of hydrogen-bond donors (Lipinski definition) is 2. The average Bonchev–Trinajstić information content (AvgIpc) is 2.55. The predicted octanol–water partition coefficient (Wildman–Crippen LogP) is 3.04. The highest BCUT2D eigenvalue weighted by molar-refractivity contribution is 5.91. The maximum Gasteiger partial charge on any atom is 0.325 e. The monoisotopic (exact) mass is 298 g/mol. The van der Waals surface area contributed by atoms with Crippen LogP contribution in [-0.2, 0) is 9.53 Å². The Morgan fingerprint density at radius 3 is 2.23 bits per heavy atom. The van der Waals surface area contributed by atoms with Gasteiger partial charge in [-0.2, -0.15) is 0 Å². The van der Waals surface area contributed by atoms with E-state index in [1.54, 1.807) is 6.92 Å². The van der Waals surface area contributed by atoms with Gasteiger partial charge in [0, 0.05) is 5.69 Å². The van der Waals surface area contributed by atoms with Gasteiger partial charge in [-0.05, 0) is 30.2 Å². The molecule has 0 spiro atoms. The molecule has 22 heavy (non-hydrogen) atoms. The third-order valence-electron chi connectivity index (χ3n) is 2.95. The molecule has 2 N–H and O–H groups in total. The zero-order chi connectivity index (χ0) is 15.8. The summed E-state index contributed by atoms with van der Waals surface area (Å²) in [6.07, 6.45) is 0. The maximum absolute atomic E-state index is 11.6. The van der Waals surface area contributed by atoms with Crippen LogP contribution in [0, 0.1) is 0 Å². The van der Waals surface area contributed by atoms with Crippen molar-refractivity contribution < 1.29 is 14.3 Å². The Hall–Kier alpha value is -2.82. The topological polar surface area (TPSA) is 67.4 Å². The molecule has 0 saturated heterocycles. The number of amides is 2. The molecule has 0 aliphatic rings. The van der Waals surface area contributed by atoms with E-state index in [1.165, 1.54) is 0 Å². The SMILES string of the molecule is CCOC(=O)CNC(=O)Nc1ccc(-c2ccccc2)cc1. The smallest absolute Gasteiger partial charge is 0.325 e. The van der Waals surface area contributed by atoms with Crippen LogP contribution in [0.2, 0.25) is 0 Å². The summed E-state index contributed by atoms with van der Waals surface area (Å²) in [5.74, 6) is -0.461. The maximum atomic E-state index is 11.6. The first-order valence-corrected chi connectivity index (χ1v) is 7.05. The molecule has 2 aromatic rings. The van der Waals surface area contributed by atoms with Gasteiger partial charge in [-0.3, -0.25) is 4.79 Å². The quantitative estimate of drug-likeness (QED) is 0.834. The molecule has 0 unspecified atom stereocenters. The van der Waals surface area contributed by atoms with Crippen molar-refractivity contribution in [3.63, 3.8) is 0 Å². The summed E-state index contributed by atoms with van der Waals surface area (Å²) in [6.45, 7) is 1.86. The number of carbonyl (C=O) groups excluding carboxylic acids is 2. The van der Waals surface area contributed by atoms with Crippen molar-refractivity contribution in [1.82, 2.24) is 5.32 Å². The van der Waals surface area contributed by atoms with E-state index >= 15 is 0 Å². The van der Waals surface area contributed by atoms with Crippen LogP contribution in [-0.4, -0.2) is 25.2 Å². The van der Waals surface area contributed by atoms with Gasteiger partial charge in [0.2, 0.25) is 0 Å². The second-order valence-corrected chi connectivity index (χ2v) is 4.56. The largest absolute Gasteiger partial charge is 0.465 e. The molecule has 0 aliphatic heterocycles. The van der Waals surface area contributed by atoms with Gasteiger partial charge in [0.25, 0.3) is 0 Å². The van der Waals surface area contributed by atoms with Gasteiger partial charge in [0.05, 0.1) is 6.61 Å². The second-order valence-electron chi connectivity index (χ2n) is 4.56. The third-order valence-corrected chi connectivity index (χ3v) is 2.95. The minimum Gasteiger partial charge on any atom is -0.465 e. The first kappa shape index (κ1) is 15.6.